The summed E-state index contributed by atoms with van der Waals surface area (Å²) in [5, 5.41) is 4.10. The van der Waals surface area contributed by atoms with Gasteiger partial charge in [0.1, 0.15) is 6.04 Å². The van der Waals surface area contributed by atoms with Gasteiger partial charge < -0.3 is 10.2 Å². The Morgan fingerprint density at radius 1 is 1.22 bits per heavy atom. The third-order valence-electron chi connectivity index (χ3n) is 4.02. The molecule has 2 N–H and O–H groups in total. The topological polar surface area (TPSA) is 94.1 Å². The van der Waals surface area contributed by atoms with Gasteiger partial charge in [0.25, 0.3) is 11.8 Å². The maximum Gasteiger partial charge on any atom is 0.291 e. The van der Waals surface area contributed by atoms with Gasteiger partial charge in [0, 0.05) is 13.1 Å². The van der Waals surface area contributed by atoms with Crippen LogP contribution >= 0.6 is 0 Å². The Labute approximate surface area is 159 Å². The number of hydrogen-bond donors (Lipinski definition) is 2. The molecule has 3 amide bonds. The fourth-order valence-corrected chi connectivity index (χ4v) is 2.66. The predicted octanol–water partition coefficient (Wildman–Crippen LogP) is 1.09. The highest BCUT2D eigenvalue weighted by Gasteiger charge is 2.32. The molecule has 8 nitrogen and oxygen atoms in total. The van der Waals surface area contributed by atoms with Gasteiger partial charge >= 0.3 is 0 Å². The average molecular weight is 373 g/mol. The van der Waals surface area contributed by atoms with Crippen molar-refractivity contribution in [3.63, 3.8) is 0 Å². The van der Waals surface area contributed by atoms with E-state index in [2.05, 4.69) is 15.7 Å². The fourth-order valence-electron chi connectivity index (χ4n) is 2.66. The first-order chi connectivity index (χ1) is 13.0. The maximum atomic E-state index is 12.9. The molecule has 1 atom stereocenters. The molecule has 146 valence electrons. The number of rotatable bonds is 8. The van der Waals surface area contributed by atoms with Gasteiger partial charge in [0.2, 0.25) is 11.7 Å². The number of nitrogens with one attached hydrogen (secondary N) is 2. The number of carbonyl (C=O) groups is 3. The minimum Gasteiger partial charge on any atom is -0.355 e. The average Bonchev–Trinajstić information content (AvgIpc) is 2.68. The summed E-state index contributed by atoms with van der Waals surface area (Å²) in [4.78, 5) is 43.1. The van der Waals surface area contributed by atoms with Crippen molar-refractivity contribution < 1.29 is 14.4 Å². The van der Waals surface area contributed by atoms with Crippen molar-refractivity contribution in [2.45, 2.75) is 39.7 Å². The van der Waals surface area contributed by atoms with Gasteiger partial charge in [-0.1, -0.05) is 32.0 Å². The van der Waals surface area contributed by atoms with Crippen LogP contribution in [0.2, 0.25) is 0 Å². The number of anilines is 1. The SMILES string of the molecule is CCCNC(=O)CN(CCC)C(=O)C1=N[C@@H](C)C(=O)N(c2ccccc2)N1. The van der Waals surface area contributed by atoms with E-state index in [1.54, 1.807) is 19.1 Å². The zero-order valence-corrected chi connectivity index (χ0v) is 16.1. The van der Waals surface area contributed by atoms with Crippen LogP contribution < -0.4 is 15.8 Å². The lowest BCUT2D eigenvalue weighted by molar-refractivity contribution is -0.131. The summed E-state index contributed by atoms with van der Waals surface area (Å²) in [5.74, 6) is -0.800. The largest absolute Gasteiger partial charge is 0.355 e. The molecule has 0 radical (unpaired) electrons. The Morgan fingerprint density at radius 2 is 1.93 bits per heavy atom. The number of benzene rings is 1. The summed E-state index contributed by atoms with van der Waals surface area (Å²) in [5.41, 5.74) is 3.44. The third-order valence-corrected chi connectivity index (χ3v) is 4.02. The summed E-state index contributed by atoms with van der Waals surface area (Å²) in [6, 6.07) is 8.31. The molecule has 0 unspecified atom stereocenters. The lowest BCUT2D eigenvalue weighted by Crippen LogP contribution is -2.59. The van der Waals surface area contributed by atoms with E-state index in [4.69, 9.17) is 0 Å². The highest BCUT2D eigenvalue weighted by molar-refractivity contribution is 6.39. The van der Waals surface area contributed by atoms with Gasteiger partial charge in [0.15, 0.2) is 0 Å². The first-order valence-corrected chi connectivity index (χ1v) is 9.27. The maximum absolute atomic E-state index is 12.9. The molecule has 1 heterocycles. The van der Waals surface area contributed by atoms with Crippen LogP contribution in [0.15, 0.2) is 35.3 Å². The lowest BCUT2D eigenvalue weighted by atomic mass is 10.2. The van der Waals surface area contributed by atoms with Crippen molar-refractivity contribution in [1.29, 1.82) is 0 Å². The molecule has 0 spiro atoms. The lowest BCUT2D eigenvalue weighted by Gasteiger charge is -2.32. The van der Waals surface area contributed by atoms with E-state index in [-0.39, 0.29) is 24.2 Å². The molecular formula is C19H27N5O3. The number of hydrazine groups is 1. The molecule has 0 bridgehead atoms. The molecule has 0 aliphatic carbocycles. The smallest absolute Gasteiger partial charge is 0.291 e. The van der Waals surface area contributed by atoms with Crippen LogP contribution in [0.3, 0.4) is 0 Å². The molecule has 27 heavy (non-hydrogen) atoms. The molecule has 0 saturated carbocycles. The van der Waals surface area contributed by atoms with Crippen LogP contribution in [0.1, 0.15) is 33.6 Å². The van der Waals surface area contributed by atoms with E-state index in [9.17, 15) is 14.4 Å². The van der Waals surface area contributed by atoms with Gasteiger partial charge in [-0.3, -0.25) is 19.8 Å². The minimum atomic E-state index is -0.692. The summed E-state index contributed by atoms with van der Waals surface area (Å²) in [7, 11) is 0. The fraction of sp³-hybridized carbons (Fsp3) is 0.474. The van der Waals surface area contributed by atoms with E-state index in [1.807, 2.05) is 32.0 Å². The number of para-hydroxylation sites is 1. The highest BCUT2D eigenvalue weighted by atomic mass is 16.2. The molecule has 2 rings (SSSR count). The zero-order valence-electron chi connectivity index (χ0n) is 16.1. The molecule has 1 aliphatic heterocycles. The van der Waals surface area contributed by atoms with Crippen molar-refractivity contribution in [2.75, 3.05) is 24.6 Å². The summed E-state index contributed by atoms with van der Waals surface area (Å²) >= 11 is 0. The normalized spacial score (nSPS) is 16.4. The number of amidine groups is 1. The Balaban J connectivity index is 2.17. The summed E-state index contributed by atoms with van der Waals surface area (Å²) in [6.07, 6.45) is 1.53. The summed E-state index contributed by atoms with van der Waals surface area (Å²) in [6.45, 7) is 6.49. The van der Waals surface area contributed by atoms with Crippen molar-refractivity contribution in [3.05, 3.63) is 30.3 Å². The Kier molecular flexibility index (Phi) is 7.34. The zero-order chi connectivity index (χ0) is 19.8. The molecule has 0 fully saturated rings. The first-order valence-electron chi connectivity index (χ1n) is 9.27. The van der Waals surface area contributed by atoms with Crippen molar-refractivity contribution in [1.82, 2.24) is 15.6 Å². The Hall–Kier alpha value is -2.90. The highest BCUT2D eigenvalue weighted by Crippen LogP contribution is 2.16. The van der Waals surface area contributed by atoms with Gasteiger partial charge in [0.05, 0.1) is 12.2 Å². The number of hydrogen-bond acceptors (Lipinski definition) is 5. The minimum absolute atomic E-state index is 0.0406. The van der Waals surface area contributed by atoms with Gasteiger partial charge in [-0.05, 0) is 31.9 Å². The van der Waals surface area contributed by atoms with E-state index in [0.717, 1.165) is 6.42 Å². The van der Waals surface area contributed by atoms with E-state index < -0.39 is 11.9 Å². The van der Waals surface area contributed by atoms with Crippen LogP contribution in [0.25, 0.3) is 0 Å². The van der Waals surface area contributed by atoms with Crippen LogP contribution in [0.4, 0.5) is 5.69 Å². The van der Waals surface area contributed by atoms with E-state index in [1.165, 1.54) is 9.91 Å². The number of amides is 3. The van der Waals surface area contributed by atoms with Crippen molar-refractivity contribution >= 4 is 29.2 Å². The number of carbonyl (C=O) groups excluding carboxylic acids is 3. The van der Waals surface area contributed by atoms with E-state index in [0.29, 0.717) is 25.2 Å². The second kappa shape index (κ2) is 9.70. The molecule has 1 aromatic rings. The number of nitrogens with zero attached hydrogens (tertiary/aromatic N) is 3. The quantitative estimate of drug-likeness (QED) is 0.713. The second-order valence-corrected chi connectivity index (χ2v) is 6.35. The standard InChI is InChI=1S/C19H27N5O3/c1-4-11-20-16(25)13-23(12-5-2)19(27)17-21-14(3)18(26)24(22-17)15-9-7-6-8-10-15/h6-10,14H,4-5,11-13H2,1-3H3,(H,20,25)(H,21,22)/t14-/m0/s1. The van der Waals surface area contributed by atoms with Crippen LogP contribution in [-0.4, -0.2) is 54.1 Å². The third kappa shape index (κ3) is 5.29. The molecular weight excluding hydrogens is 346 g/mol. The van der Waals surface area contributed by atoms with Crippen LogP contribution in [0, 0.1) is 0 Å². The Morgan fingerprint density at radius 3 is 2.56 bits per heavy atom. The second-order valence-electron chi connectivity index (χ2n) is 6.35. The van der Waals surface area contributed by atoms with Crippen LogP contribution in [0.5, 0.6) is 0 Å². The predicted molar refractivity (Wildman–Crippen MR) is 104 cm³/mol. The molecule has 0 aromatic heterocycles. The molecule has 8 heteroatoms. The van der Waals surface area contributed by atoms with Crippen molar-refractivity contribution in [3.8, 4) is 0 Å². The summed E-state index contributed by atoms with van der Waals surface area (Å²) < 4.78 is 0. The van der Waals surface area contributed by atoms with Crippen molar-refractivity contribution in [2.24, 2.45) is 4.99 Å². The molecule has 1 aromatic carbocycles. The monoisotopic (exact) mass is 373 g/mol. The Bertz CT molecular complexity index is 705. The van der Waals surface area contributed by atoms with Gasteiger partial charge in [-0.15, -0.1) is 0 Å². The van der Waals surface area contributed by atoms with E-state index >= 15 is 0 Å². The molecule has 1 aliphatic rings. The van der Waals surface area contributed by atoms with Crippen LogP contribution in [-0.2, 0) is 14.4 Å². The molecule has 0 saturated heterocycles. The number of aliphatic imine (C=N–C) groups is 1. The van der Waals surface area contributed by atoms with Gasteiger partial charge in [-0.25, -0.2) is 10.0 Å². The van der Waals surface area contributed by atoms with Gasteiger partial charge in [-0.2, -0.15) is 0 Å². The first kappa shape index (κ1) is 20.4.